The molecule has 0 bridgehead atoms. The van der Waals surface area contributed by atoms with Crippen molar-refractivity contribution in [3.8, 4) is 0 Å². The zero-order chi connectivity index (χ0) is 12.1. The van der Waals surface area contributed by atoms with Gasteiger partial charge < -0.3 is 4.74 Å². The molecule has 0 radical (unpaired) electrons. The van der Waals surface area contributed by atoms with Gasteiger partial charge in [-0.05, 0) is 18.8 Å². The zero-order valence-electron chi connectivity index (χ0n) is 9.79. The summed E-state index contributed by atoms with van der Waals surface area (Å²) < 4.78 is 3.97. The lowest BCUT2D eigenvalue weighted by Crippen LogP contribution is -2.03. The first-order valence-corrected chi connectivity index (χ1v) is 4.79. The maximum Gasteiger partial charge on any atom is 0.338 e. The summed E-state index contributed by atoms with van der Waals surface area (Å²) in [6.07, 6.45) is 3.30. The lowest BCUT2D eigenvalue weighted by molar-refractivity contribution is -0.150. The summed E-state index contributed by atoms with van der Waals surface area (Å²) in [5.41, 5.74) is 1.70. The number of cyclic esters (lactones) is 2. The van der Waals surface area contributed by atoms with Gasteiger partial charge in [0.25, 0.3) is 0 Å². The van der Waals surface area contributed by atoms with Gasteiger partial charge in [0.05, 0.1) is 0 Å². The van der Waals surface area contributed by atoms with Crippen molar-refractivity contribution >= 4 is 11.9 Å². The fraction of sp³-hybridized carbons (Fsp3) is 0.500. The highest BCUT2D eigenvalue weighted by Crippen LogP contribution is 2.22. The highest BCUT2D eigenvalue weighted by Gasteiger charge is 2.10. The van der Waals surface area contributed by atoms with Crippen LogP contribution in [0.15, 0.2) is 24.3 Å². The topological polar surface area (TPSA) is 43.4 Å². The molecule has 1 rings (SSSR count). The van der Waals surface area contributed by atoms with E-state index in [2.05, 4.69) is 39.0 Å². The highest BCUT2D eigenvalue weighted by molar-refractivity contribution is 6.04. The Bertz CT molecular complexity index is 276. The maximum atomic E-state index is 9.92. The van der Waals surface area contributed by atoms with Crippen LogP contribution < -0.4 is 0 Å². The summed E-state index contributed by atoms with van der Waals surface area (Å²) in [5, 5.41) is 0. The van der Waals surface area contributed by atoms with E-state index in [1.165, 1.54) is 5.57 Å². The van der Waals surface area contributed by atoms with Crippen LogP contribution in [0.3, 0.4) is 0 Å². The number of carbonyl (C=O) groups is 2. The summed E-state index contributed by atoms with van der Waals surface area (Å²) >= 11 is 0. The number of esters is 2. The molecule has 0 atom stereocenters. The predicted molar refractivity (Wildman–Crippen MR) is 59.1 cm³/mol. The molecular formula is C12H18O3. The molecule has 0 saturated heterocycles. The van der Waals surface area contributed by atoms with E-state index < -0.39 is 11.9 Å². The fourth-order valence-electron chi connectivity index (χ4n) is 1.21. The van der Waals surface area contributed by atoms with Crippen LogP contribution in [0.25, 0.3) is 0 Å². The van der Waals surface area contributed by atoms with Crippen LogP contribution >= 0.6 is 0 Å². The SMILES string of the molecule is C=C(C)CC(C)(C)C.O=C1C=CC(=O)O1. The van der Waals surface area contributed by atoms with E-state index in [1.807, 2.05) is 0 Å². The first-order chi connectivity index (χ1) is 6.70. The normalized spacial score (nSPS) is 14.4. The van der Waals surface area contributed by atoms with Crippen molar-refractivity contribution < 1.29 is 14.3 Å². The van der Waals surface area contributed by atoms with E-state index >= 15 is 0 Å². The molecule has 3 heteroatoms. The predicted octanol–water partition coefficient (Wildman–Crippen LogP) is 2.62. The smallest absolute Gasteiger partial charge is 0.338 e. The van der Waals surface area contributed by atoms with Gasteiger partial charge in [-0.15, -0.1) is 6.58 Å². The Hall–Kier alpha value is -1.38. The van der Waals surface area contributed by atoms with Crippen molar-refractivity contribution in [2.24, 2.45) is 5.41 Å². The minimum Gasteiger partial charge on any atom is -0.387 e. The Balaban J connectivity index is 0.000000262. The van der Waals surface area contributed by atoms with Crippen LogP contribution in [0.1, 0.15) is 34.1 Å². The van der Waals surface area contributed by atoms with E-state index in [-0.39, 0.29) is 0 Å². The Morgan fingerprint density at radius 3 is 1.73 bits per heavy atom. The van der Waals surface area contributed by atoms with Crippen molar-refractivity contribution in [2.45, 2.75) is 34.1 Å². The molecule has 0 spiro atoms. The van der Waals surface area contributed by atoms with Gasteiger partial charge in [0.1, 0.15) is 0 Å². The third-order valence-electron chi connectivity index (χ3n) is 1.39. The molecule has 0 aliphatic carbocycles. The Labute approximate surface area is 90.8 Å². The quantitative estimate of drug-likeness (QED) is 0.379. The van der Waals surface area contributed by atoms with Crippen molar-refractivity contribution in [1.29, 1.82) is 0 Å². The minimum atomic E-state index is -0.579. The summed E-state index contributed by atoms with van der Waals surface area (Å²) in [5.74, 6) is -1.16. The number of carbonyl (C=O) groups excluding carboxylic acids is 2. The number of allylic oxidation sites excluding steroid dienone is 1. The number of ether oxygens (including phenoxy) is 1. The Morgan fingerprint density at radius 2 is 1.67 bits per heavy atom. The van der Waals surface area contributed by atoms with E-state index in [0.717, 1.165) is 18.6 Å². The van der Waals surface area contributed by atoms with Gasteiger partial charge in [-0.1, -0.05) is 26.3 Å². The number of hydrogen-bond acceptors (Lipinski definition) is 3. The Morgan fingerprint density at radius 1 is 1.27 bits per heavy atom. The van der Waals surface area contributed by atoms with E-state index in [0.29, 0.717) is 5.41 Å². The molecule has 0 N–H and O–H groups in total. The minimum absolute atomic E-state index is 0.422. The van der Waals surface area contributed by atoms with Gasteiger partial charge >= 0.3 is 11.9 Å². The van der Waals surface area contributed by atoms with E-state index in [4.69, 9.17) is 0 Å². The molecule has 1 aliphatic heterocycles. The summed E-state index contributed by atoms with van der Waals surface area (Å²) in [6.45, 7) is 12.6. The first kappa shape index (κ1) is 13.6. The standard InChI is InChI=1S/C8H16.C4H2O3/c1-7(2)6-8(3,4)5;5-3-1-2-4(6)7-3/h1,6H2,2-5H3;1-2H. The average Bonchev–Trinajstić information content (AvgIpc) is 2.29. The van der Waals surface area contributed by atoms with Gasteiger partial charge in [0.15, 0.2) is 0 Å². The molecular weight excluding hydrogens is 192 g/mol. The van der Waals surface area contributed by atoms with Gasteiger partial charge in [-0.25, -0.2) is 9.59 Å². The van der Waals surface area contributed by atoms with Crippen LogP contribution in [-0.2, 0) is 14.3 Å². The third kappa shape index (κ3) is 8.94. The largest absolute Gasteiger partial charge is 0.387 e. The zero-order valence-corrected chi connectivity index (χ0v) is 9.79. The van der Waals surface area contributed by atoms with Crippen molar-refractivity contribution in [1.82, 2.24) is 0 Å². The van der Waals surface area contributed by atoms with Gasteiger partial charge in [0, 0.05) is 12.2 Å². The van der Waals surface area contributed by atoms with Gasteiger partial charge in [-0.3, -0.25) is 0 Å². The van der Waals surface area contributed by atoms with Crippen molar-refractivity contribution in [3.05, 3.63) is 24.3 Å². The molecule has 0 amide bonds. The number of rotatable bonds is 1. The summed E-state index contributed by atoms with van der Waals surface area (Å²) in [4.78, 5) is 19.8. The van der Waals surface area contributed by atoms with Gasteiger partial charge in [-0.2, -0.15) is 0 Å². The first-order valence-electron chi connectivity index (χ1n) is 4.79. The van der Waals surface area contributed by atoms with Crippen LogP contribution in [-0.4, -0.2) is 11.9 Å². The molecule has 1 heterocycles. The second-order valence-electron chi connectivity index (χ2n) is 4.77. The molecule has 0 aromatic carbocycles. The molecule has 3 nitrogen and oxygen atoms in total. The highest BCUT2D eigenvalue weighted by atomic mass is 16.6. The third-order valence-corrected chi connectivity index (χ3v) is 1.39. The molecule has 0 fully saturated rings. The molecule has 84 valence electrons. The second kappa shape index (κ2) is 5.49. The van der Waals surface area contributed by atoms with Crippen LogP contribution in [0.4, 0.5) is 0 Å². The van der Waals surface area contributed by atoms with Crippen molar-refractivity contribution in [3.63, 3.8) is 0 Å². The van der Waals surface area contributed by atoms with Gasteiger partial charge in [0.2, 0.25) is 0 Å². The second-order valence-corrected chi connectivity index (χ2v) is 4.77. The molecule has 0 aromatic rings. The van der Waals surface area contributed by atoms with E-state index in [1.54, 1.807) is 0 Å². The molecule has 0 saturated carbocycles. The lowest BCUT2D eigenvalue weighted by atomic mass is 9.89. The fourth-order valence-corrected chi connectivity index (χ4v) is 1.21. The molecule has 15 heavy (non-hydrogen) atoms. The van der Waals surface area contributed by atoms with Crippen LogP contribution in [0, 0.1) is 5.41 Å². The van der Waals surface area contributed by atoms with Crippen LogP contribution in [0.2, 0.25) is 0 Å². The number of hydrogen-bond donors (Lipinski definition) is 0. The average molecular weight is 210 g/mol. The summed E-state index contributed by atoms with van der Waals surface area (Å²) in [6, 6.07) is 0. The monoisotopic (exact) mass is 210 g/mol. The summed E-state index contributed by atoms with van der Waals surface area (Å²) in [7, 11) is 0. The molecule has 0 unspecified atom stereocenters. The Kier molecular flexibility index (Phi) is 4.98. The maximum absolute atomic E-state index is 9.92. The lowest BCUT2D eigenvalue weighted by Gasteiger charge is -2.17. The van der Waals surface area contributed by atoms with Crippen LogP contribution in [0.5, 0.6) is 0 Å². The molecule has 0 aromatic heterocycles. The van der Waals surface area contributed by atoms with E-state index in [9.17, 15) is 9.59 Å². The van der Waals surface area contributed by atoms with Crippen molar-refractivity contribution in [2.75, 3.05) is 0 Å². The molecule has 1 aliphatic rings.